The van der Waals surface area contributed by atoms with Gasteiger partial charge in [-0.3, -0.25) is 4.79 Å². The van der Waals surface area contributed by atoms with Crippen molar-refractivity contribution in [3.05, 3.63) is 27.7 Å². The van der Waals surface area contributed by atoms with Crippen LogP contribution in [0.5, 0.6) is 0 Å². The van der Waals surface area contributed by atoms with Gasteiger partial charge in [0.05, 0.1) is 0 Å². The van der Waals surface area contributed by atoms with Crippen LogP contribution in [0.4, 0.5) is 5.69 Å². The molecule has 0 fully saturated rings. The molecule has 0 aliphatic rings. The maximum Gasteiger partial charge on any atom is 0.224 e. The summed E-state index contributed by atoms with van der Waals surface area (Å²) in [6.45, 7) is 12.7. The summed E-state index contributed by atoms with van der Waals surface area (Å²) in [5, 5.41) is 3.05. The fourth-order valence-electron chi connectivity index (χ4n) is 1.88. The Balaban J connectivity index is 2.79. The van der Waals surface area contributed by atoms with Crippen molar-refractivity contribution in [2.75, 3.05) is 5.32 Å². The third kappa shape index (κ3) is 4.64. The second-order valence-corrected chi connectivity index (χ2v) is 7.35. The molecule has 1 amide bonds. The number of rotatable bonds is 3. The van der Waals surface area contributed by atoms with Crippen molar-refractivity contribution < 1.29 is 4.79 Å². The SMILES string of the molecule is Cc1cc(Br)cc(C)c1NC(=O)CC(C)C(C)(C)C. The van der Waals surface area contributed by atoms with Gasteiger partial charge in [-0.15, -0.1) is 0 Å². The smallest absolute Gasteiger partial charge is 0.224 e. The third-order valence-electron chi connectivity index (χ3n) is 3.73. The van der Waals surface area contributed by atoms with Crippen LogP contribution in [0.3, 0.4) is 0 Å². The van der Waals surface area contributed by atoms with Gasteiger partial charge in [0.1, 0.15) is 0 Å². The topological polar surface area (TPSA) is 29.1 Å². The van der Waals surface area contributed by atoms with Crippen LogP contribution in [0.2, 0.25) is 0 Å². The number of carbonyl (C=O) groups excluding carboxylic acids is 1. The fourth-order valence-corrected chi connectivity index (χ4v) is 2.57. The predicted octanol–water partition coefficient (Wildman–Crippen LogP) is 5.08. The van der Waals surface area contributed by atoms with Crippen LogP contribution in [0.1, 0.15) is 45.2 Å². The Morgan fingerprint density at radius 3 is 2.16 bits per heavy atom. The molecule has 0 saturated heterocycles. The number of hydrogen-bond donors (Lipinski definition) is 1. The molecule has 1 aromatic rings. The molecule has 0 aliphatic heterocycles. The van der Waals surface area contributed by atoms with Crippen LogP contribution < -0.4 is 5.32 Å². The summed E-state index contributed by atoms with van der Waals surface area (Å²) in [7, 11) is 0. The molecule has 0 heterocycles. The Morgan fingerprint density at radius 2 is 1.74 bits per heavy atom. The van der Waals surface area contributed by atoms with Gasteiger partial charge in [-0.05, 0) is 48.4 Å². The number of anilines is 1. The summed E-state index contributed by atoms with van der Waals surface area (Å²) < 4.78 is 1.04. The lowest BCUT2D eigenvalue weighted by Crippen LogP contribution is -2.24. The molecule has 0 saturated carbocycles. The number of amides is 1. The Hall–Kier alpha value is -0.830. The zero-order chi connectivity index (χ0) is 14.8. The Kier molecular flexibility index (Phi) is 5.19. The Labute approximate surface area is 125 Å². The Bertz CT molecular complexity index is 451. The second kappa shape index (κ2) is 6.08. The van der Waals surface area contributed by atoms with Crippen molar-refractivity contribution in [3.8, 4) is 0 Å². The van der Waals surface area contributed by atoms with Crippen LogP contribution in [0, 0.1) is 25.2 Å². The van der Waals surface area contributed by atoms with E-state index in [9.17, 15) is 4.79 Å². The molecular formula is C16H24BrNO. The maximum atomic E-state index is 12.1. The van der Waals surface area contributed by atoms with Crippen molar-refractivity contribution in [2.45, 2.75) is 48.0 Å². The van der Waals surface area contributed by atoms with Crippen molar-refractivity contribution in [1.82, 2.24) is 0 Å². The van der Waals surface area contributed by atoms with E-state index in [0.29, 0.717) is 12.3 Å². The standard InChI is InChI=1S/C16H24BrNO/c1-10-7-13(17)8-11(2)15(10)18-14(19)9-12(3)16(4,5)6/h7-8,12H,9H2,1-6H3,(H,18,19). The summed E-state index contributed by atoms with van der Waals surface area (Å²) in [4.78, 5) is 12.1. The van der Waals surface area contributed by atoms with E-state index in [1.54, 1.807) is 0 Å². The average molecular weight is 326 g/mol. The highest BCUT2D eigenvalue weighted by Crippen LogP contribution is 2.29. The first-order valence-electron chi connectivity index (χ1n) is 6.68. The van der Waals surface area contributed by atoms with E-state index in [2.05, 4.69) is 48.9 Å². The van der Waals surface area contributed by atoms with Crippen LogP contribution in [-0.2, 0) is 4.79 Å². The highest BCUT2D eigenvalue weighted by molar-refractivity contribution is 9.10. The van der Waals surface area contributed by atoms with Gasteiger partial charge in [-0.25, -0.2) is 0 Å². The molecule has 0 aromatic heterocycles. The van der Waals surface area contributed by atoms with E-state index in [1.165, 1.54) is 0 Å². The molecule has 0 radical (unpaired) electrons. The van der Waals surface area contributed by atoms with Gasteiger partial charge < -0.3 is 5.32 Å². The molecule has 19 heavy (non-hydrogen) atoms. The van der Waals surface area contributed by atoms with Gasteiger partial charge in [-0.1, -0.05) is 43.6 Å². The zero-order valence-electron chi connectivity index (χ0n) is 12.7. The first-order valence-corrected chi connectivity index (χ1v) is 7.47. The van der Waals surface area contributed by atoms with Gasteiger partial charge >= 0.3 is 0 Å². The molecule has 1 atom stereocenters. The molecular weight excluding hydrogens is 302 g/mol. The van der Waals surface area contributed by atoms with E-state index < -0.39 is 0 Å². The number of nitrogens with one attached hydrogen (secondary N) is 1. The molecule has 0 bridgehead atoms. The van der Waals surface area contributed by atoms with E-state index in [4.69, 9.17) is 0 Å². The summed E-state index contributed by atoms with van der Waals surface area (Å²) in [6, 6.07) is 4.05. The predicted molar refractivity (Wildman–Crippen MR) is 85.5 cm³/mol. The fraction of sp³-hybridized carbons (Fsp3) is 0.562. The summed E-state index contributed by atoms with van der Waals surface area (Å²) in [5.74, 6) is 0.444. The molecule has 1 N–H and O–H groups in total. The monoisotopic (exact) mass is 325 g/mol. The van der Waals surface area contributed by atoms with Crippen LogP contribution in [-0.4, -0.2) is 5.91 Å². The molecule has 3 heteroatoms. The first-order chi connectivity index (χ1) is 8.61. The number of halogens is 1. The lowest BCUT2D eigenvalue weighted by atomic mass is 9.80. The van der Waals surface area contributed by atoms with E-state index in [-0.39, 0.29) is 11.3 Å². The second-order valence-electron chi connectivity index (χ2n) is 6.43. The lowest BCUT2D eigenvalue weighted by molar-refractivity contribution is -0.117. The van der Waals surface area contributed by atoms with Gasteiger partial charge in [-0.2, -0.15) is 0 Å². The molecule has 1 unspecified atom stereocenters. The summed E-state index contributed by atoms with van der Waals surface area (Å²) in [6.07, 6.45) is 0.554. The van der Waals surface area contributed by atoms with Crippen molar-refractivity contribution >= 4 is 27.5 Å². The largest absolute Gasteiger partial charge is 0.326 e. The van der Waals surface area contributed by atoms with E-state index in [1.807, 2.05) is 26.0 Å². The highest BCUT2D eigenvalue weighted by Gasteiger charge is 2.22. The van der Waals surface area contributed by atoms with Crippen LogP contribution >= 0.6 is 15.9 Å². The Morgan fingerprint density at radius 1 is 1.26 bits per heavy atom. The lowest BCUT2D eigenvalue weighted by Gasteiger charge is -2.26. The number of benzene rings is 1. The van der Waals surface area contributed by atoms with Gasteiger partial charge in [0, 0.05) is 16.6 Å². The zero-order valence-corrected chi connectivity index (χ0v) is 14.3. The van der Waals surface area contributed by atoms with Gasteiger partial charge in [0.15, 0.2) is 0 Å². The average Bonchev–Trinajstić information content (AvgIpc) is 2.21. The minimum Gasteiger partial charge on any atom is -0.326 e. The molecule has 0 spiro atoms. The maximum absolute atomic E-state index is 12.1. The highest BCUT2D eigenvalue weighted by atomic mass is 79.9. The minimum atomic E-state index is 0.0935. The van der Waals surface area contributed by atoms with Crippen LogP contribution in [0.25, 0.3) is 0 Å². The van der Waals surface area contributed by atoms with E-state index >= 15 is 0 Å². The molecule has 106 valence electrons. The van der Waals surface area contributed by atoms with Crippen molar-refractivity contribution in [3.63, 3.8) is 0 Å². The minimum absolute atomic E-state index is 0.0935. The number of hydrogen-bond acceptors (Lipinski definition) is 1. The van der Waals surface area contributed by atoms with E-state index in [0.717, 1.165) is 21.3 Å². The van der Waals surface area contributed by atoms with Gasteiger partial charge in [0.2, 0.25) is 5.91 Å². The van der Waals surface area contributed by atoms with Crippen molar-refractivity contribution in [1.29, 1.82) is 0 Å². The molecule has 2 nitrogen and oxygen atoms in total. The number of carbonyl (C=O) groups is 1. The summed E-state index contributed by atoms with van der Waals surface area (Å²) >= 11 is 3.47. The normalized spacial score (nSPS) is 13.2. The molecule has 1 aromatic carbocycles. The third-order valence-corrected chi connectivity index (χ3v) is 4.19. The number of aryl methyl sites for hydroxylation is 2. The quantitative estimate of drug-likeness (QED) is 0.825. The van der Waals surface area contributed by atoms with Crippen molar-refractivity contribution in [2.24, 2.45) is 11.3 Å². The van der Waals surface area contributed by atoms with Crippen LogP contribution in [0.15, 0.2) is 16.6 Å². The molecule has 1 rings (SSSR count). The summed E-state index contributed by atoms with van der Waals surface area (Å²) in [5.41, 5.74) is 3.27. The first kappa shape index (κ1) is 16.2. The molecule has 0 aliphatic carbocycles. The van der Waals surface area contributed by atoms with Gasteiger partial charge in [0.25, 0.3) is 0 Å².